The van der Waals surface area contributed by atoms with Crippen molar-refractivity contribution in [1.29, 1.82) is 0 Å². The third kappa shape index (κ3) is 5.44. The normalized spacial score (nSPS) is 14.5. The number of halogens is 1. The van der Waals surface area contributed by atoms with Gasteiger partial charge >= 0.3 is 0 Å². The first-order valence-corrected chi connectivity index (χ1v) is 8.80. The molecular weight excluding hydrogens is 354 g/mol. The lowest BCUT2D eigenvalue weighted by atomic mass is 10.1. The Kier molecular flexibility index (Phi) is 7.87. The van der Waals surface area contributed by atoms with Crippen molar-refractivity contribution in [3.05, 3.63) is 41.7 Å². The highest BCUT2D eigenvalue weighted by Gasteiger charge is 2.18. The van der Waals surface area contributed by atoms with Crippen LogP contribution >= 0.6 is 12.4 Å². The molecule has 1 aliphatic heterocycles. The summed E-state index contributed by atoms with van der Waals surface area (Å²) in [5.41, 5.74) is 1.62. The molecule has 0 aliphatic carbocycles. The van der Waals surface area contributed by atoms with Crippen LogP contribution in [0.1, 0.15) is 41.4 Å². The van der Waals surface area contributed by atoms with Gasteiger partial charge in [-0.3, -0.25) is 4.79 Å². The van der Waals surface area contributed by atoms with Gasteiger partial charge in [-0.25, -0.2) is 4.68 Å². The maximum atomic E-state index is 12.2. The highest BCUT2D eigenvalue weighted by molar-refractivity contribution is 5.91. The number of nitrogens with zero attached hydrogens (tertiary/aromatic N) is 3. The molecule has 3 rings (SSSR count). The SMILES string of the molecule is COc1ccc(CCCNC(=O)c2cn(C3CCNCC3)nn2)cc1.Cl. The number of carbonyl (C=O) groups excluding carboxylic acids is 1. The molecule has 0 radical (unpaired) electrons. The second-order valence-electron chi connectivity index (χ2n) is 6.27. The smallest absolute Gasteiger partial charge is 0.273 e. The summed E-state index contributed by atoms with van der Waals surface area (Å²) in [4.78, 5) is 12.2. The Hall–Kier alpha value is -2.12. The number of piperidine rings is 1. The van der Waals surface area contributed by atoms with Gasteiger partial charge in [-0.15, -0.1) is 17.5 Å². The lowest BCUT2D eigenvalue weighted by Crippen LogP contribution is -2.29. The standard InChI is InChI=1S/C18H25N5O2.ClH/c1-25-16-6-4-14(5-7-16)3-2-10-20-18(24)17-13-23(22-21-17)15-8-11-19-12-9-15;/h4-7,13,15,19H,2-3,8-12H2,1H3,(H,20,24);1H. The quantitative estimate of drug-likeness (QED) is 0.719. The molecule has 8 heteroatoms. The summed E-state index contributed by atoms with van der Waals surface area (Å²) in [7, 11) is 1.66. The Bertz CT molecular complexity index is 683. The van der Waals surface area contributed by atoms with E-state index in [1.54, 1.807) is 13.3 Å². The molecule has 7 nitrogen and oxygen atoms in total. The van der Waals surface area contributed by atoms with E-state index >= 15 is 0 Å². The number of carbonyl (C=O) groups is 1. The summed E-state index contributed by atoms with van der Waals surface area (Å²) in [6.07, 6.45) is 5.58. The van der Waals surface area contributed by atoms with Crippen molar-refractivity contribution in [2.75, 3.05) is 26.7 Å². The molecule has 142 valence electrons. The van der Waals surface area contributed by atoms with E-state index in [9.17, 15) is 4.79 Å². The highest BCUT2D eigenvalue weighted by atomic mass is 35.5. The first kappa shape index (κ1) is 20.2. The van der Waals surface area contributed by atoms with Crippen LogP contribution in [-0.4, -0.2) is 47.6 Å². The summed E-state index contributed by atoms with van der Waals surface area (Å²) < 4.78 is 6.97. The van der Waals surface area contributed by atoms with E-state index in [0.29, 0.717) is 18.3 Å². The molecular formula is C18H26ClN5O2. The van der Waals surface area contributed by atoms with Gasteiger partial charge in [0.1, 0.15) is 5.75 Å². The van der Waals surface area contributed by atoms with Crippen molar-refractivity contribution in [2.45, 2.75) is 31.7 Å². The first-order valence-electron chi connectivity index (χ1n) is 8.80. The van der Waals surface area contributed by atoms with E-state index in [1.165, 1.54) is 5.56 Å². The van der Waals surface area contributed by atoms with Crippen LogP contribution in [0.5, 0.6) is 5.75 Å². The van der Waals surface area contributed by atoms with Gasteiger partial charge in [-0.1, -0.05) is 17.3 Å². The molecule has 0 bridgehead atoms. The topological polar surface area (TPSA) is 81.1 Å². The molecule has 1 aromatic heterocycles. The minimum absolute atomic E-state index is 0. The Morgan fingerprint density at radius 1 is 1.31 bits per heavy atom. The number of amides is 1. The van der Waals surface area contributed by atoms with Crippen LogP contribution in [0.3, 0.4) is 0 Å². The second kappa shape index (κ2) is 10.1. The molecule has 0 spiro atoms. The van der Waals surface area contributed by atoms with Gasteiger partial charge < -0.3 is 15.4 Å². The van der Waals surface area contributed by atoms with Crippen molar-refractivity contribution in [3.8, 4) is 5.75 Å². The molecule has 0 saturated carbocycles. The number of ether oxygens (including phenoxy) is 1. The lowest BCUT2D eigenvalue weighted by Gasteiger charge is -2.22. The third-order valence-electron chi connectivity index (χ3n) is 4.51. The highest BCUT2D eigenvalue weighted by Crippen LogP contribution is 2.17. The summed E-state index contributed by atoms with van der Waals surface area (Å²) in [5, 5.41) is 14.4. The van der Waals surface area contributed by atoms with Crippen LogP contribution in [0, 0.1) is 0 Å². The monoisotopic (exact) mass is 379 g/mol. The molecule has 2 aromatic rings. The van der Waals surface area contributed by atoms with E-state index in [0.717, 1.165) is 44.5 Å². The van der Waals surface area contributed by atoms with Gasteiger partial charge in [0, 0.05) is 6.54 Å². The van der Waals surface area contributed by atoms with Crippen LogP contribution < -0.4 is 15.4 Å². The van der Waals surface area contributed by atoms with Gasteiger partial charge in [-0.05, 0) is 56.5 Å². The van der Waals surface area contributed by atoms with Gasteiger partial charge in [-0.2, -0.15) is 0 Å². The molecule has 26 heavy (non-hydrogen) atoms. The Labute approximate surface area is 159 Å². The Balaban J connectivity index is 0.00000243. The Morgan fingerprint density at radius 2 is 2.04 bits per heavy atom. The third-order valence-corrected chi connectivity index (χ3v) is 4.51. The molecule has 0 unspecified atom stereocenters. The van der Waals surface area contributed by atoms with Crippen molar-refractivity contribution in [2.24, 2.45) is 0 Å². The Morgan fingerprint density at radius 3 is 2.73 bits per heavy atom. The zero-order valence-electron chi connectivity index (χ0n) is 15.0. The zero-order valence-corrected chi connectivity index (χ0v) is 15.8. The van der Waals surface area contributed by atoms with Crippen LogP contribution in [0.4, 0.5) is 0 Å². The lowest BCUT2D eigenvalue weighted by molar-refractivity contribution is 0.0948. The molecule has 0 atom stereocenters. The second-order valence-corrected chi connectivity index (χ2v) is 6.27. The minimum Gasteiger partial charge on any atom is -0.497 e. The van der Waals surface area contributed by atoms with Crippen LogP contribution in [0.15, 0.2) is 30.5 Å². The van der Waals surface area contributed by atoms with Crippen LogP contribution in [0.25, 0.3) is 0 Å². The number of rotatable bonds is 7. The number of hydrogen-bond donors (Lipinski definition) is 2. The average Bonchev–Trinajstić information content (AvgIpc) is 3.16. The number of benzene rings is 1. The average molecular weight is 380 g/mol. The maximum absolute atomic E-state index is 12.2. The fourth-order valence-corrected chi connectivity index (χ4v) is 3.01. The van der Waals surface area contributed by atoms with Gasteiger partial charge in [0.15, 0.2) is 5.69 Å². The fourth-order valence-electron chi connectivity index (χ4n) is 3.01. The van der Waals surface area contributed by atoms with E-state index in [4.69, 9.17) is 4.74 Å². The van der Waals surface area contributed by atoms with Crippen molar-refractivity contribution >= 4 is 18.3 Å². The number of aryl methyl sites for hydroxylation is 1. The maximum Gasteiger partial charge on any atom is 0.273 e. The van der Waals surface area contributed by atoms with E-state index in [-0.39, 0.29) is 18.3 Å². The molecule has 1 aromatic carbocycles. The molecule has 1 amide bonds. The van der Waals surface area contributed by atoms with Gasteiger partial charge in [0.25, 0.3) is 5.91 Å². The van der Waals surface area contributed by atoms with E-state index in [1.807, 2.05) is 28.9 Å². The molecule has 2 N–H and O–H groups in total. The molecule has 2 heterocycles. The van der Waals surface area contributed by atoms with Crippen molar-refractivity contribution in [3.63, 3.8) is 0 Å². The fraction of sp³-hybridized carbons (Fsp3) is 0.500. The number of aromatic nitrogens is 3. The van der Waals surface area contributed by atoms with Crippen molar-refractivity contribution in [1.82, 2.24) is 25.6 Å². The summed E-state index contributed by atoms with van der Waals surface area (Å²) >= 11 is 0. The number of methoxy groups -OCH3 is 1. The number of hydrogen-bond acceptors (Lipinski definition) is 5. The zero-order chi connectivity index (χ0) is 17.5. The largest absolute Gasteiger partial charge is 0.497 e. The number of nitrogens with one attached hydrogen (secondary N) is 2. The van der Waals surface area contributed by atoms with Crippen LogP contribution in [-0.2, 0) is 6.42 Å². The molecule has 1 aliphatic rings. The predicted molar refractivity (Wildman–Crippen MR) is 102 cm³/mol. The molecule has 1 saturated heterocycles. The predicted octanol–water partition coefficient (Wildman–Crippen LogP) is 2.00. The van der Waals surface area contributed by atoms with Gasteiger partial charge in [0.05, 0.1) is 19.3 Å². The summed E-state index contributed by atoms with van der Waals surface area (Å²) in [5.74, 6) is 0.698. The summed E-state index contributed by atoms with van der Waals surface area (Å²) in [6.45, 7) is 2.58. The first-order chi connectivity index (χ1) is 12.3. The molecule has 1 fully saturated rings. The van der Waals surface area contributed by atoms with E-state index in [2.05, 4.69) is 20.9 Å². The van der Waals surface area contributed by atoms with Gasteiger partial charge in [0.2, 0.25) is 0 Å². The van der Waals surface area contributed by atoms with Crippen molar-refractivity contribution < 1.29 is 9.53 Å². The van der Waals surface area contributed by atoms with Crippen LogP contribution in [0.2, 0.25) is 0 Å². The summed E-state index contributed by atoms with van der Waals surface area (Å²) in [6, 6.07) is 8.33. The minimum atomic E-state index is -0.157. The van der Waals surface area contributed by atoms with E-state index < -0.39 is 0 Å².